The first kappa shape index (κ1) is 11.6. The van der Waals surface area contributed by atoms with Gasteiger partial charge in [0.05, 0.1) is 11.1 Å². The van der Waals surface area contributed by atoms with Gasteiger partial charge in [-0.1, -0.05) is 6.07 Å². The Balaban J connectivity index is 2.33. The lowest BCUT2D eigenvalue weighted by Gasteiger charge is -2.00. The summed E-state index contributed by atoms with van der Waals surface area (Å²) in [5, 5.41) is 2.55. The maximum Gasteiger partial charge on any atom is 0.258 e. The predicted octanol–water partition coefficient (Wildman–Crippen LogP) is 1.84. The molecule has 96 valence electrons. The van der Waals surface area contributed by atoms with E-state index in [0.717, 1.165) is 0 Å². The van der Waals surface area contributed by atoms with Gasteiger partial charge in [-0.2, -0.15) is 0 Å². The quantitative estimate of drug-likeness (QED) is 0.836. The average Bonchev–Trinajstić information content (AvgIpc) is 2.90. The minimum absolute atomic E-state index is 0.215. The summed E-state index contributed by atoms with van der Waals surface area (Å²) in [6, 6.07) is 4.77. The molecule has 0 unspecified atom stereocenters. The van der Waals surface area contributed by atoms with Gasteiger partial charge in [-0.05, 0) is 19.1 Å². The molecular weight excluding hydrogens is 247 g/mol. The Bertz CT molecular complexity index is 743. The number of nitrogens with one attached hydrogen (secondary N) is 1. The van der Waals surface area contributed by atoms with Crippen molar-refractivity contribution in [3.63, 3.8) is 0 Å². The fourth-order valence-electron chi connectivity index (χ4n) is 2.39. The van der Waals surface area contributed by atoms with Crippen LogP contribution in [0.15, 0.2) is 30.5 Å². The maximum absolute atomic E-state index is 14.0. The number of halogens is 1. The molecule has 0 spiro atoms. The molecule has 0 saturated heterocycles. The van der Waals surface area contributed by atoms with Gasteiger partial charge in [0.2, 0.25) is 0 Å². The first-order valence-corrected chi connectivity index (χ1v) is 5.96. The van der Waals surface area contributed by atoms with Crippen molar-refractivity contribution in [1.29, 1.82) is 0 Å². The standard InChI is InChI=1S/C14H11FN2O2/c1-2-17-7-9(8-6-12(18)16-14(8)19)13-10(15)4-3-5-11(13)17/h3-7H,2H2,1H3,(H,16,18,19). The zero-order valence-corrected chi connectivity index (χ0v) is 10.2. The van der Waals surface area contributed by atoms with Crippen molar-refractivity contribution < 1.29 is 14.0 Å². The minimum atomic E-state index is -0.483. The molecule has 1 aromatic heterocycles. The Morgan fingerprint density at radius 2 is 2.11 bits per heavy atom. The highest BCUT2D eigenvalue weighted by Gasteiger charge is 2.26. The Morgan fingerprint density at radius 1 is 1.32 bits per heavy atom. The second-order valence-electron chi connectivity index (χ2n) is 4.34. The summed E-state index contributed by atoms with van der Waals surface area (Å²) < 4.78 is 15.9. The molecule has 1 N–H and O–H groups in total. The number of aromatic nitrogens is 1. The summed E-state index contributed by atoms with van der Waals surface area (Å²) in [6.07, 6.45) is 2.92. The summed E-state index contributed by atoms with van der Waals surface area (Å²) in [5.74, 6) is -1.34. The number of rotatable bonds is 2. The highest BCUT2D eigenvalue weighted by atomic mass is 19.1. The largest absolute Gasteiger partial charge is 0.347 e. The molecule has 1 aliphatic heterocycles. The van der Waals surface area contributed by atoms with Gasteiger partial charge in [-0.25, -0.2) is 4.39 Å². The molecule has 0 bridgehead atoms. The number of benzene rings is 1. The van der Waals surface area contributed by atoms with E-state index in [0.29, 0.717) is 23.0 Å². The number of amides is 2. The first-order chi connectivity index (χ1) is 9.11. The van der Waals surface area contributed by atoms with Crippen molar-refractivity contribution in [2.45, 2.75) is 13.5 Å². The molecule has 2 aromatic rings. The van der Waals surface area contributed by atoms with E-state index < -0.39 is 17.6 Å². The van der Waals surface area contributed by atoms with Crippen molar-refractivity contribution in [1.82, 2.24) is 9.88 Å². The summed E-state index contributed by atoms with van der Waals surface area (Å²) in [6.45, 7) is 2.59. The van der Waals surface area contributed by atoms with Gasteiger partial charge in [-0.15, -0.1) is 0 Å². The van der Waals surface area contributed by atoms with Crippen molar-refractivity contribution >= 4 is 28.3 Å². The maximum atomic E-state index is 14.0. The second kappa shape index (κ2) is 4.05. The lowest BCUT2D eigenvalue weighted by molar-refractivity contribution is -0.123. The third kappa shape index (κ3) is 1.66. The van der Waals surface area contributed by atoms with E-state index in [1.54, 1.807) is 18.3 Å². The minimum Gasteiger partial charge on any atom is -0.347 e. The number of hydrogen-bond acceptors (Lipinski definition) is 2. The van der Waals surface area contributed by atoms with Gasteiger partial charge >= 0.3 is 0 Å². The monoisotopic (exact) mass is 258 g/mol. The topological polar surface area (TPSA) is 51.1 Å². The van der Waals surface area contributed by atoms with Crippen molar-refractivity contribution in [2.24, 2.45) is 0 Å². The third-order valence-electron chi connectivity index (χ3n) is 3.24. The van der Waals surface area contributed by atoms with Crippen LogP contribution < -0.4 is 5.32 Å². The van der Waals surface area contributed by atoms with Crippen molar-refractivity contribution in [2.75, 3.05) is 0 Å². The third-order valence-corrected chi connectivity index (χ3v) is 3.24. The van der Waals surface area contributed by atoms with Crippen molar-refractivity contribution in [3.8, 4) is 0 Å². The number of nitrogens with zero attached hydrogens (tertiary/aromatic N) is 1. The molecule has 4 nitrogen and oxygen atoms in total. The molecule has 5 heteroatoms. The van der Waals surface area contributed by atoms with Crippen LogP contribution in [0.2, 0.25) is 0 Å². The van der Waals surface area contributed by atoms with E-state index in [1.165, 1.54) is 12.1 Å². The van der Waals surface area contributed by atoms with E-state index in [9.17, 15) is 14.0 Å². The molecule has 0 saturated carbocycles. The van der Waals surface area contributed by atoms with Crippen LogP contribution in [0, 0.1) is 5.82 Å². The van der Waals surface area contributed by atoms with Crippen LogP contribution >= 0.6 is 0 Å². The number of carbonyl (C=O) groups excluding carboxylic acids is 2. The number of carbonyl (C=O) groups is 2. The zero-order chi connectivity index (χ0) is 13.6. The Labute approximate surface area is 108 Å². The predicted molar refractivity (Wildman–Crippen MR) is 68.7 cm³/mol. The van der Waals surface area contributed by atoms with E-state index >= 15 is 0 Å². The van der Waals surface area contributed by atoms with Crippen LogP contribution in [0.5, 0.6) is 0 Å². The number of imide groups is 1. The van der Waals surface area contributed by atoms with E-state index in [-0.39, 0.29) is 5.57 Å². The highest BCUT2D eigenvalue weighted by molar-refractivity contribution is 6.35. The Hall–Kier alpha value is -2.43. The highest BCUT2D eigenvalue weighted by Crippen LogP contribution is 2.31. The average molecular weight is 258 g/mol. The molecule has 0 aliphatic carbocycles. The van der Waals surface area contributed by atoms with Gasteiger partial charge in [-0.3, -0.25) is 14.9 Å². The lowest BCUT2D eigenvalue weighted by Crippen LogP contribution is -2.21. The molecule has 0 radical (unpaired) electrons. The molecule has 2 heterocycles. The summed E-state index contributed by atoms with van der Waals surface area (Å²) in [5.41, 5.74) is 1.39. The van der Waals surface area contributed by atoms with E-state index in [1.807, 2.05) is 11.5 Å². The molecule has 1 aliphatic rings. The smallest absolute Gasteiger partial charge is 0.258 e. The lowest BCUT2D eigenvalue weighted by atomic mass is 10.1. The summed E-state index contributed by atoms with van der Waals surface area (Å²) in [4.78, 5) is 22.9. The normalized spacial score (nSPS) is 14.9. The molecular formula is C14H11FN2O2. The summed E-state index contributed by atoms with van der Waals surface area (Å²) >= 11 is 0. The Morgan fingerprint density at radius 3 is 2.74 bits per heavy atom. The van der Waals surface area contributed by atoms with Crippen LogP contribution in [-0.4, -0.2) is 16.4 Å². The van der Waals surface area contributed by atoms with Crippen LogP contribution in [0.25, 0.3) is 16.5 Å². The van der Waals surface area contributed by atoms with Gasteiger partial charge in [0.15, 0.2) is 0 Å². The van der Waals surface area contributed by atoms with Crippen LogP contribution in [0.4, 0.5) is 4.39 Å². The van der Waals surface area contributed by atoms with Gasteiger partial charge in [0.1, 0.15) is 5.82 Å². The van der Waals surface area contributed by atoms with Crippen LogP contribution in [0.1, 0.15) is 12.5 Å². The molecule has 3 rings (SSSR count). The molecule has 0 atom stereocenters. The fraction of sp³-hybridized carbons (Fsp3) is 0.143. The molecule has 2 amide bonds. The van der Waals surface area contributed by atoms with E-state index in [2.05, 4.69) is 5.32 Å². The summed E-state index contributed by atoms with van der Waals surface area (Å²) in [7, 11) is 0. The van der Waals surface area contributed by atoms with Crippen LogP contribution in [0.3, 0.4) is 0 Å². The van der Waals surface area contributed by atoms with E-state index in [4.69, 9.17) is 0 Å². The van der Waals surface area contributed by atoms with Gasteiger partial charge in [0, 0.05) is 29.8 Å². The number of hydrogen-bond donors (Lipinski definition) is 1. The Kier molecular flexibility index (Phi) is 2.48. The zero-order valence-electron chi connectivity index (χ0n) is 10.2. The first-order valence-electron chi connectivity index (χ1n) is 5.96. The van der Waals surface area contributed by atoms with Gasteiger partial charge < -0.3 is 4.57 Å². The fourth-order valence-corrected chi connectivity index (χ4v) is 2.39. The van der Waals surface area contributed by atoms with Crippen LogP contribution in [-0.2, 0) is 16.1 Å². The molecule has 0 fully saturated rings. The second-order valence-corrected chi connectivity index (χ2v) is 4.34. The van der Waals surface area contributed by atoms with Crippen molar-refractivity contribution in [3.05, 3.63) is 41.9 Å². The number of aryl methyl sites for hydroxylation is 1. The van der Waals surface area contributed by atoms with Gasteiger partial charge in [0.25, 0.3) is 11.8 Å². The SMILES string of the molecule is CCn1cc(C2=CC(=O)NC2=O)c2c(F)cccc21. The molecule has 19 heavy (non-hydrogen) atoms. The number of fused-ring (bicyclic) bond motifs is 1. The molecule has 1 aromatic carbocycles.